The molecule has 0 aromatic rings. The summed E-state index contributed by atoms with van der Waals surface area (Å²) in [6.07, 6.45) is -0.387. The van der Waals surface area contributed by atoms with E-state index in [1.807, 2.05) is 0 Å². The van der Waals surface area contributed by atoms with Gasteiger partial charge in [0.05, 0.1) is 0 Å². The zero-order valence-electron chi connectivity index (χ0n) is 5.03. The second-order valence-electron chi connectivity index (χ2n) is 1.62. The van der Waals surface area contributed by atoms with Gasteiger partial charge in [0.1, 0.15) is 0 Å². The Morgan fingerprint density at radius 1 is 1.67 bits per heavy atom. The summed E-state index contributed by atoms with van der Waals surface area (Å²) in [6, 6.07) is 0. The first-order chi connectivity index (χ1) is 3.92. The van der Waals surface area contributed by atoms with Crippen molar-refractivity contribution in [1.82, 2.24) is 0 Å². The summed E-state index contributed by atoms with van der Waals surface area (Å²) in [4.78, 5) is 10.0. The molecule has 54 valence electrons. The molecule has 0 aromatic heterocycles. The minimum absolute atomic E-state index is 0.387. The fourth-order valence-electron chi connectivity index (χ4n) is 0.192. The second-order valence-corrected chi connectivity index (χ2v) is 3.59. The lowest BCUT2D eigenvalue weighted by Gasteiger charge is -2.04. The molecule has 4 N–H and O–H groups in total. The number of ether oxygens (including phenoxy) is 1. The normalized spacial score (nSPS) is 11.0. The van der Waals surface area contributed by atoms with Crippen LogP contribution < -0.4 is 11.0 Å². The molecule has 0 aromatic carbocycles. The van der Waals surface area contributed by atoms with Gasteiger partial charge in [-0.3, -0.25) is 20.4 Å². The number of hydrogen-bond donors (Lipinski definition) is 2. The highest BCUT2D eigenvalue weighted by Crippen LogP contribution is 2.23. The maximum absolute atomic E-state index is 10.4. The maximum Gasteiger partial charge on any atom is 0.303 e. The molecule has 0 unspecified atom stereocenters. The van der Waals surface area contributed by atoms with Crippen LogP contribution in [-0.2, 0) is 14.1 Å². The molecular formula is C3H9N2O3P. The van der Waals surface area contributed by atoms with Crippen LogP contribution in [0.4, 0.5) is 0 Å². The van der Waals surface area contributed by atoms with Crippen molar-refractivity contribution < 1.29 is 14.1 Å². The summed E-state index contributed by atoms with van der Waals surface area (Å²) < 4.78 is 14.7. The van der Waals surface area contributed by atoms with Crippen LogP contribution in [0.1, 0.15) is 6.92 Å². The molecule has 0 aliphatic rings. The Morgan fingerprint density at radius 3 is 2.22 bits per heavy atom. The van der Waals surface area contributed by atoms with Crippen molar-refractivity contribution in [3.05, 3.63) is 0 Å². The average molecular weight is 152 g/mol. The van der Waals surface area contributed by atoms with Gasteiger partial charge in [0.2, 0.25) is 7.44 Å². The molecule has 0 spiro atoms. The Kier molecular flexibility index (Phi) is 2.84. The number of hydrogen-bond acceptors (Lipinski definition) is 3. The van der Waals surface area contributed by atoms with Crippen LogP contribution in [0.15, 0.2) is 0 Å². The molecule has 0 atom stereocenters. The summed E-state index contributed by atoms with van der Waals surface area (Å²) in [5, 5.41) is 0. The van der Waals surface area contributed by atoms with Crippen molar-refractivity contribution in [2.24, 2.45) is 11.0 Å². The van der Waals surface area contributed by atoms with E-state index in [0.29, 0.717) is 0 Å². The number of nitrogens with two attached hydrogens (primary N) is 2. The Morgan fingerprint density at radius 2 is 2.11 bits per heavy atom. The van der Waals surface area contributed by atoms with E-state index >= 15 is 0 Å². The molecule has 0 saturated carbocycles. The zero-order valence-corrected chi connectivity index (χ0v) is 5.93. The number of esters is 1. The van der Waals surface area contributed by atoms with Crippen LogP contribution in [0.25, 0.3) is 0 Å². The molecule has 9 heavy (non-hydrogen) atoms. The second kappa shape index (κ2) is 2.96. The third-order valence-electron chi connectivity index (χ3n) is 0.470. The van der Waals surface area contributed by atoms with Crippen LogP contribution in [-0.4, -0.2) is 12.3 Å². The number of carbonyl (C=O) groups excluding carboxylic acids is 1. The summed E-state index contributed by atoms with van der Waals surface area (Å²) in [6.45, 7) is 1.19. The molecule has 0 heterocycles. The smallest absolute Gasteiger partial charge is 0.303 e. The van der Waals surface area contributed by atoms with E-state index in [4.69, 9.17) is 11.0 Å². The lowest BCUT2D eigenvalue weighted by atomic mass is 10.8. The van der Waals surface area contributed by atoms with Crippen molar-refractivity contribution in [3.8, 4) is 0 Å². The third-order valence-corrected chi connectivity index (χ3v) is 1.00. The number of rotatable bonds is 2. The monoisotopic (exact) mass is 152 g/mol. The lowest BCUT2D eigenvalue weighted by molar-refractivity contribution is -0.139. The molecule has 0 aliphatic carbocycles. The summed E-state index contributed by atoms with van der Waals surface area (Å²) >= 11 is 0. The van der Waals surface area contributed by atoms with Gasteiger partial charge in [0.25, 0.3) is 0 Å². The van der Waals surface area contributed by atoms with Gasteiger partial charge >= 0.3 is 5.97 Å². The van der Waals surface area contributed by atoms with Gasteiger partial charge in [-0.25, -0.2) is 0 Å². The van der Waals surface area contributed by atoms with Gasteiger partial charge < -0.3 is 4.74 Å². The first-order valence-corrected chi connectivity index (χ1v) is 4.24. The molecule has 0 rings (SSSR count). The fraction of sp³-hybridized carbons (Fsp3) is 0.667. The van der Waals surface area contributed by atoms with E-state index in [2.05, 4.69) is 4.74 Å². The first-order valence-electron chi connectivity index (χ1n) is 2.21. The zero-order chi connectivity index (χ0) is 7.49. The SMILES string of the molecule is CC(=O)OCP(N)(N)=O. The van der Waals surface area contributed by atoms with Crippen molar-refractivity contribution >= 4 is 13.4 Å². The van der Waals surface area contributed by atoms with Crippen molar-refractivity contribution in [1.29, 1.82) is 0 Å². The van der Waals surface area contributed by atoms with E-state index < -0.39 is 13.4 Å². The Balaban J connectivity index is 3.53. The van der Waals surface area contributed by atoms with Crippen LogP contribution in [0.3, 0.4) is 0 Å². The predicted molar refractivity (Wildman–Crippen MR) is 32.6 cm³/mol. The molecular weight excluding hydrogens is 143 g/mol. The van der Waals surface area contributed by atoms with Gasteiger partial charge in [-0.05, 0) is 0 Å². The third kappa shape index (κ3) is 7.62. The highest BCUT2D eigenvalue weighted by atomic mass is 31.2. The maximum atomic E-state index is 10.4. The topological polar surface area (TPSA) is 95.4 Å². The quantitative estimate of drug-likeness (QED) is 0.415. The van der Waals surface area contributed by atoms with E-state index in [1.54, 1.807) is 0 Å². The standard InChI is InChI=1S/C3H9N2O3P/c1-3(6)8-2-9(4,5)7/h2H2,1H3,(H4,4,5,7). The minimum Gasteiger partial charge on any atom is -0.455 e. The molecule has 5 nitrogen and oxygen atoms in total. The highest BCUT2D eigenvalue weighted by molar-refractivity contribution is 7.58. The van der Waals surface area contributed by atoms with Gasteiger partial charge in [-0.2, -0.15) is 0 Å². The molecule has 0 amide bonds. The Labute approximate surface area is 52.8 Å². The van der Waals surface area contributed by atoms with Gasteiger partial charge in [-0.1, -0.05) is 0 Å². The molecule has 0 fully saturated rings. The van der Waals surface area contributed by atoms with Gasteiger partial charge in [-0.15, -0.1) is 0 Å². The van der Waals surface area contributed by atoms with E-state index in [-0.39, 0.29) is 6.35 Å². The molecule has 0 aliphatic heterocycles. The predicted octanol–water partition coefficient (Wildman–Crippen LogP) is -0.383. The molecule has 0 radical (unpaired) electrons. The molecule has 0 bridgehead atoms. The van der Waals surface area contributed by atoms with Crippen molar-refractivity contribution in [3.63, 3.8) is 0 Å². The molecule has 0 saturated heterocycles. The van der Waals surface area contributed by atoms with Crippen LogP contribution in [0.5, 0.6) is 0 Å². The fourth-order valence-corrected chi connectivity index (χ4v) is 0.575. The number of carbonyl (C=O) groups is 1. The van der Waals surface area contributed by atoms with Crippen molar-refractivity contribution in [2.75, 3.05) is 6.35 Å². The van der Waals surface area contributed by atoms with Gasteiger partial charge in [0, 0.05) is 6.92 Å². The lowest BCUT2D eigenvalue weighted by Crippen LogP contribution is -2.12. The first kappa shape index (κ1) is 8.62. The van der Waals surface area contributed by atoms with E-state index in [1.165, 1.54) is 6.92 Å². The van der Waals surface area contributed by atoms with Crippen LogP contribution in [0.2, 0.25) is 0 Å². The highest BCUT2D eigenvalue weighted by Gasteiger charge is 2.08. The van der Waals surface area contributed by atoms with Crippen molar-refractivity contribution in [2.45, 2.75) is 6.92 Å². The van der Waals surface area contributed by atoms with E-state index in [9.17, 15) is 9.36 Å². The molecule has 6 heteroatoms. The van der Waals surface area contributed by atoms with Gasteiger partial charge in [0.15, 0.2) is 6.35 Å². The largest absolute Gasteiger partial charge is 0.455 e. The summed E-state index contributed by atoms with van der Waals surface area (Å²) in [5.41, 5.74) is 9.68. The summed E-state index contributed by atoms with van der Waals surface area (Å²) in [5.74, 6) is -0.536. The Hall–Kier alpha value is -0.380. The van der Waals surface area contributed by atoms with Crippen LogP contribution in [0, 0.1) is 0 Å². The summed E-state index contributed by atoms with van der Waals surface area (Å²) in [7, 11) is -3.16. The average Bonchev–Trinajstić information content (AvgIpc) is 1.59. The van der Waals surface area contributed by atoms with E-state index in [0.717, 1.165) is 0 Å². The van der Waals surface area contributed by atoms with Crippen LogP contribution >= 0.6 is 7.44 Å². The minimum atomic E-state index is -3.16. The Bertz CT molecular complexity index is 151.